The lowest BCUT2D eigenvalue weighted by molar-refractivity contribution is 0.567. The first-order valence-corrected chi connectivity index (χ1v) is 8.50. The summed E-state index contributed by atoms with van der Waals surface area (Å²) in [6, 6.07) is 23.7. The maximum absolute atomic E-state index is 12.8. The molecule has 122 valence electrons. The van der Waals surface area contributed by atoms with Gasteiger partial charge in [0, 0.05) is 10.8 Å². The van der Waals surface area contributed by atoms with Gasteiger partial charge in [0.05, 0.1) is 5.39 Å². The summed E-state index contributed by atoms with van der Waals surface area (Å²) >= 11 is 0. The molecule has 0 aliphatic carbocycles. The molecule has 0 aliphatic heterocycles. The summed E-state index contributed by atoms with van der Waals surface area (Å²) in [6.07, 6.45) is 0. The second-order valence-corrected chi connectivity index (χ2v) is 6.49. The van der Waals surface area contributed by atoms with Gasteiger partial charge in [0.1, 0.15) is 16.6 Å². The van der Waals surface area contributed by atoms with Crippen molar-refractivity contribution in [3.63, 3.8) is 0 Å². The number of benzene rings is 4. The normalized spacial score (nSPS) is 12.0. The molecule has 0 saturated heterocycles. The van der Waals surface area contributed by atoms with Crippen molar-refractivity contribution in [1.82, 2.24) is 0 Å². The molecule has 0 N–H and O–H groups in total. The van der Waals surface area contributed by atoms with E-state index in [0.29, 0.717) is 16.6 Å². The Balaban J connectivity index is 2.06. The lowest BCUT2D eigenvalue weighted by Gasteiger charge is -2.05. The topological polar surface area (TPSA) is 43.4 Å². The van der Waals surface area contributed by atoms with Crippen molar-refractivity contribution in [2.24, 2.45) is 0 Å². The zero-order chi connectivity index (χ0) is 17.3. The van der Waals surface area contributed by atoms with Gasteiger partial charge in [-0.3, -0.25) is 0 Å². The van der Waals surface area contributed by atoms with Crippen molar-refractivity contribution >= 4 is 54.5 Å². The molecule has 6 rings (SSSR count). The Morgan fingerprint density at radius 3 is 1.81 bits per heavy atom. The standard InChI is InChI=1S/C23H12O3/c24-23-20-19-15-9-3-1-7-13(15)14-8-2-4-10-16(14)21(19)26-22(20)17-11-5-6-12-18(17)25-23/h1-12H. The summed E-state index contributed by atoms with van der Waals surface area (Å²) in [6.45, 7) is 0. The molecule has 6 aromatic rings. The first-order chi connectivity index (χ1) is 12.8. The number of hydrogen-bond donors (Lipinski definition) is 0. The molecule has 3 nitrogen and oxygen atoms in total. The van der Waals surface area contributed by atoms with E-state index in [9.17, 15) is 4.79 Å². The van der Waals surface area contributed by atoms with E-state index >= 15 is 0 Å². The first kappa shape index (κ1) is 13.7. The molecule has 3 heteroatoms. The quantitative estimate of drug-likeness (QED) is 0.252. The van der Waals surface area contributed by atoms with Crippen LogP contribution in [0.5, 0.6) is 0 Å². The van der Waals surface area contributed by atoms with Gasteiger partial charge in [0.15, 0.2) is 5.58 Å². The molecular formula is C23H12O3. The van der Waals surface area contributed by atoms with Crippen LogP contribution in [0.1, 0.15) is 0 Å². The van der Waals surface area contributed by atoms with Crippen molar-refractivity contribution < 1.29 is 8.83 Å². The smallest absolute Gasteiger partial charge is 0.348 e. The van der Waals surface area contributed by atoms with Crippen LogP contribution in [0.2, 0.25) is 0 Å². The van der Waals surface area contributed by atoms with Crippen LogP contribution in [0, 0.1) is 0 Å². The van der Waals surface area contributed by atoms with Crippen LogP contribution in [-0.2, 0) is 0 Å². The zero-order valence-corrected chi connectivity index (χ0v) is 13.7. The van der Waals surface area contributed by atoms with Crippen LogP contribution < -0.4 is 5.63 Å². The van der Waals surface area contributed by atoms with Crippen molar-refractivity contribution in [1.29, 1.82) is 0 Å². The predicted octanol–water partition coefficient (Wildman–Crippen LogP) is 6.00. The molecule has 4 aromatic carbocycles. The minimum atomic E-state index is -0.363. The SMILES string of the molecule is O=c1oc2ccccc2c2oc3c4ccccc4c4ccccc4c3c12. The average molecular weight is 336 g/mol. The highest BCUT2D eigenvalue weighted by atomic mass is 16.4. The highest BCUT2D eigenvalue weighted by molar-refractivity contribution is 6.31. The van der Waals surface area contributed by atoms with Gasteiger partial charge in [-0.15, -0.1) is 0 Å². The summed E-state index contributed by atoms with van der Waals surface area (Å²) in [5.74, 6) is 0. The molecule has 0 radical (unpaired) electrons. The van der Waals surface area contributed by atoms with Crippen molar-refractivity contribution in [2.45, 2.75) is 0 Å². The molecular weight excluding hydrogens is 324 g/mol. The number of furan rings is 1. The maximum Gasteiger partial charge on any atom is 0.348 e. The van der Waals surface area contributed by atoms with Gasteiger partial charge >= 0.3 is 5.63 Å². The van der Waals surface area contributed by atoms with E-state index in [2.05, 4.69) is 12.1 Å². The highest BCUT2D eigenvalue weighted by Crippen LogP contribution is 2.41. The van der Waals surface area contributed by atoms with Crippen molar-refractivity contribution in [3.8, 4) is 0 Å². The molecule has 2 aromatic heterocycles. The second kappa shape index (κ2) is 4.73. The van der Waals surface area contributed by atoms with E-state index < -0.39 is 0 Å². The van der Waals surface area contributed by atoms with Gasteiger partial charge in [-0.1, -0.05) is 60.7 Å². The molecule has 0 amide bonds. The summed E-state index contributed by atoms with van der Waals surface area (Å²) in [5, 5.41) is 6.37. The fourth-order valence-electron chi connectivity index (χ4n) is 4.01. The van der Waals surface area contributed by atoms with Crippen molar-refractivity contribution in [3.05, 3.63) is 83.2 Å². The van der Waals surface area contributed by atoms with Crippen LogP contribution in [0.25, 0.3) is 54.5 Å². The fourth-order valence-corrected chi connectivity index (χ4v) is 4.01. The minimum absolute atomic E-state index is 0.363. The Kier molecular flexibility index (Phi) is 2.49. The Morgan fingerprint density at radius 1 is 0.500 bits per heavy atom. The fraction of sp³-hybridized carbons (Fsp3) is 0. The molecule has 0 unspecified atom stereocenters. The van der Waals surface area contributed by atoms with Crippen LogP contribution in [-0.4, -0.2) is 0 Å². The molecule has 0 atom stereocenters. The third-order valence-electron chi connectivity index (χ3n) is 5.10. The third kappa shape index (κ3) is 1.60. The molecule has 0 spiro atoms. The number of para-hydroxylation sites is 1. The van der Waals surface area contributed by atoms with Crippen LogP contribution >= 0.6 is 0 Å². The Bertz CT molecular complexity index is 1550. The Hall–Kier alpha value is -3.59. The molecule has 0 saturated carbocycles. The highest BCUT2D eigenvalue weighted by Gasteiger charge is 2.20. The number of hydrogen-bond acceptors (Lipinski definition) is 3. The first-order valence-electron chi connectivity index (χ1n) is 8.50. The number of fused-ring (bicyclic) bond motifs is 10. The molecule has 2 heterocycles. The van der Waals surface area contributed by atoms with Gasteiger partial charge < -0.3 is 8.83 Å². The van der Waals surface area contributed by atoms with E-state index in [1.54, 1.807) is 6.07 Å². The number of rotatable bonds is 0. The Morgan fingerprint density at radius 2 is 1.04 bits per heavy atom. The van der Waals surface area contributed by atoms with Gasteiger partial charge in [-0.2, -0.15) is 0 Å². The van der Waals surface area contributed by atoms with Crippen LogP contribution in [0.3, 0.4) is 0 Å². The average Bonchev–Trinajstić information content (AvgIpc) is 3.10. The van der Waals surface area contributed by atoms with Gasteiger partial charge in [0.2, 0.25) is 0 Å². The molecule has 26 heavy (non-hydrogen) atoms. The maximum atomic E-state index is 12.8. The second-order valence-electron chi connectivity index (χ2n) is 6.49. The molecule has 0 aliphatic rings. The van der Waals surface area contributed by atoms with E-state index in [1.807, 2.05) is 54.6 Å². The minimum Gasteiger partial charge on any atom is -0.454 e. The summed E-state index contributed by atoms with van der Waals surface area (Å²) in [7, 11) is 0. The summed E-state index contributed by atoms with van der Waals surface area (Å²) in [5.41, 5.74) is 1.50. The van der Waals surface area contributed by atoms with E-state index in [-0.39, 0.29) is 5.63 Å². The summed E-state index contributed by atoms with van der Waals surface area (Å²) < 4.78 is 11.9. The van der Waals surface area contributed by atoms with Crippen molar-refractivity contribution in [2.75, 3.05) is 0 Å². The van der Waals surface area contributed by atoms with Gasteiger partial charge in [0.25, 0.3) is 0 Å². The van der Waals surface area contributed by atoms with Crippen LogP contribution in [0.15, 0.2) is 86.4 Å². The lowest BCUT2D eigenvalue weighted by Crippen LogP contribution is -1.98. The Labute approximate surface area is 147 Å². The van der Waals surface area contributed by atoms with Crippen LogP contribution in [0.4, 0.5) is 0 Å². The predicted molar refractivity (Wildman–Crippen MR) is 105 cm³/mol. The van der Waals surface area contributed by atoms with Gasteiger partial charge in [-0.25, -0.2) is 4.79 Å². The van der Waals surface area contributed by atoms with E-state index in [0.717, 1.165) is 37.9 Å². The lowest BCUT2D eigenvalue weighted by atomic mass is 9.97. The summed E-state index contributed by atoms with van der Waals surface area (Å²) in [4.78, 5) is 12.8. The third-order valence-corrected chi connectivity index (χ3v) is 5.10. The largest absolute Gasteiger partial charge is 0.454 e. The van der Waals surface area contributed by atoms with E-state index in [4.69, 9.17) is 8.83 Å². The van der Waals surface area contributed by atoms with Gasteiger partial charge in [-0.05, 0) is 28.3 Å². The van der Waals surface area contributed by atoms with E-state index in [1.165, 1.54) is 0 Å². The zero-order valence-electron chi connectivity index (χ0n) is 13.7. The molecule has 0 fully saturated rings. The monoisotopic (exact) mass is 336 g/mol. The molecule has 0 bridgehead atoms.